The number of carbonyl (C=O) groups is 2. The van der Waals surface area contributed by atoms with E-state index in [9.17, 15) is 9.59 Å². The van der Waals surface area contributed by atoms with Crippen molar-refractivity contribution in [1.29, 1.82) is 0 Å². The molecule has 0 spiro atoms. The van der Waals surface area contributed by atoms with Gasteiger partial charge in [0.15, 0.2) is 5.76 Å². The lowest BCUT2D eigenvalue weighted by Gasteiger charge is -2.32. The Morgan fingerprint density at radius 1 is 1.46 bits per heavy atom. The summed E-state index contributed by atoms with van der Waals surface area (Å²) in [6.45, 7) is 4.30. The van der Waals surface area contributed by atoms with Gasteiger partial charge in [-0.2, -0.15) is 5.10 Å². The number of likely N-dealkylation sites (tertiary alicyclic amines) is 1. The molecule has 3 N–H and O–H groups in total. The van der Waals surface area contributed by atoms with Crippen LogP contribution in [0.25, 0.3) is 0 Å². The number of nitrogens with zero attached hydrogens (tertiary/aromatic N) is 3. The number of nitrogens with two attached hydrogens (primary N) is 1. The number of rotatable bonds is 7. The molecule has 1 amide bonds. The van der Waals surface area contributed by atoms with Gasteiger partial charge >= 0.3 is 5.97 Å². The van der Waals surface area contributed by atoms with Crippen molar-refractivity contribution in [3.8, 4) is 0 Å². The van der Waals surface area contributed by atoms with E-state index in [1.165, 1.54) is 0 Å². The maximum atomic E-state index is 11.4. The van der Waals surface area contributed by atoms with Gasteiger partial charge in [-0.1, -0.05) is 6.92 Å². The Labute approximate surface area is 151 Å². The summed E-state index contributed by atoms with van der Waals surface area (Å²) in [5, 5.41) is 13.2. The van der Waals surface area contributed by atoms with Crippen LogP contribution in [0.5, 0.6) is 0 Å². The molecule has 1 aliphatic rings. The van der Waals surface area contributed by atoms with Gasteiger partial charge in [-0.05, 0) is 31.5 Å². The molecule has 1 fully saturated rings. The van der Waals surface area contributed by atoms with Crippen molar-refractivity contribution in [2.45, 2.75) is 45.2 Å². The van der Waals surface area contributed by atoms with Crippen LogP contribution in [0.1, 0.15) is 53.3 Å². The Morgan fingerprint density at radius 3 is 2.96 bits per heavy atom. The standard InChI is InChI=1S/C18H24N4O4/c1-2-15-13(8-16(26-15)18(19)25)10-21-7-3-4-12(9-21)14-5-6-20-22(14)11-17(23)24/h5-6,8,12H,2-4,7,9-11H2,1H3,(H2,19,25)(H,23,24)/t12-/m0/s1. The van der Waals surface area contributed by atoms with E-state index in [0.29, 0.717) is 13.0 Å². The van der Waals surface area contributed by atoms with Gasteiger partial charge in [0.25, 0.3) is 5.91 Å². The summed E-state index contributed by atoms with van der Waals surface area (Å²) in [6.07, 6.45) is 4.37. The van der Waals surface area contributed by atoms with E-state index in [-0.39, 0.29) is 18.2 Å². The number of carboxylic acids is 1. The van der Waals surface area contributed by atoms with Crippen LogP contribution in [0.4, 0.5) is 0 Å². The number of piperidine rings is 1. The van der Waals surface area contributed by atoms with Crippen LogP contribution in [-0.2, 0) is 24.3 Å². The maximum Gasteiger partial charge on any atom is 0.325 e. The normalized spacial score (nSPS) is 18.1. The van der Waals surface area contributed by atoms with Crippen molar-refractivity contribution in [2.75, 3.05) is 13.1 Å². The number of carboxylic acid groups (broad SMARTS) is 1. The Balaban J connectivity index is 1.72. The number of hydrogen-bond donors (Lipinski definition) is 2. The zero-order chi connectivity index (χ0) is 18.7. The Kier molecular flexibility index (Phi) is 5.41. The number of amides is 1. The molecule has 1 saturated heterocycles. The first kappa shape index (κ1) is 18.2. The van der Waals surface area contributed by atoms with E-state index in [0.717, 1.165) is 42.9 Å². The summed E-state index contributed by atoms with van der Waals surface area (Å²) in [7, 11) is 0. The smallest absolute Gasteiger partial charge is 0.325 e. The van der Waals surface area contributed by atoms with E-state index in [2.05, 4.69) is 10.00 Å². The molecule has 8 nitrogen and oxygen atoms in total. The van der Waals surface area contributed by atoms with Crippen LogP contribution in [0.15, 0.2) is 22.7 Å². The van der Waals surface area contributed by atoms with Gasteiger partial charge in [0.05, 0.1) is 0 Å². The minimum Gasteiger partial charge on any atom is -0.480 e. The average Bonchev–Trinajstić information content (AvgIpc) is 3.21. The van der Waals surface area contributed by atoms with Gasteiger partial charge in [-0.15, -0.1) is 0 Å². The summed E-state index contributed by atoms with van der Waals surface area (Å²) >= 11 is 0. The molecule has 26 heavy (non-hydrogen) atoms. The second kappa shape index (κ2) is 7.74. The van der Waals surface area contributed by atoms with Crippen LogP contribution < -0.4 is 5.73 Å². The molecule has 0 unspecified atom stereocenters. The average molecular weight is 360 g/mol. The van der Waals surface area contributed by atoms with E-state index in [1.807, 2.05) is 13.0 Å². The van der Waals surface area contributed by atoms with Crippen molar-refractivity contribution < 1.29 is 19.1 Å². The summed E-state index contributed by atoms with van der Waals surface area (Å²) in [5.41, 5.74) is 7.27. The first-order valence-electron chi connectivity index (χ1n) is 8.85. The van der Waals surface area contributed by atoms with Crippen LogP contribution in [0.3, 0.4) is 0 Å². The molecule has 1 aliphatic heterocycles. The van der Waals surface area contributed by atoms with Gasteiger partial charge in [0.2, 0.25) is 0 Å². The van der Waals surface area contributed by atoms with Crippen molar-refractivity contribution in [2.24, 2.45) is 5.73 Å². The monoisotopic (exact) mass is 360 g/mol. The number of aromatic nitrogens is 2. The molecular weight excluding hydrogens is 336 g/mol. The Morgan fingerprint density at radius 2 is 2.27 bits per heavy atom. The third-order valence-corrected chi connectivity index (χ3v) is 4.81. The zero-order valence-corrected chi connectivity index (χ0v) is 14.9. The molecule has 2 aromatic heterocycles. The second-order valence-electron chi connectivity index (χ2n) is 6.66. The molecule has 0 aliphatic carbocycles. The number of hydrogen-bond acceptors (Lipinski definition) is 5. The van der Waals surface area contributed by atoms with Gasteiger partial charge in [-0.3, -0.25) is 19.2 Å². The number of furan rings is 1. The predicted molar refractivity (Wildman–Crippen MR) is 93.7 cm³/mol. The minimum atomic E-state index is -0.896. The molecule has 8 heteroatoms. The van der Waals surface area contributed by atoms with E-state index < -0.39 is 11.9 Å². The van der Waals surface area contributed by atoms with Crippen LogP contribution >= 0.6 is 0 Å². The minimum absolute atomic E-state index is 0.123. The second-order valence-corrected chi connectivity index (χ2v) is 6.66. The molecule has 3 heterocycles. The van der Waals surface area contributed by atoms with Crippen molar-refractivity contribution in [1.82, 2.24) is 14.7 Å². The highest BCUT2D eigenvalue weighted by atomic mass is 16.4. The fourth-order valence-electron chi connectivity index (χ4n) is 3.65. The number of aryl methyl sites for hydroxylation is 1. The first-order chi connectivity index (χ1) is 12.5. The predicted octanol–water partition coefficient (Wildman–Crippen LogP) is 1.60. The van der Waals surface area contributed by atoms with Crippen molar-refractivity contribution in [3.05, 3.63) is 41.1 Å². The largest absolute Gasteiger partial charge is 0.480 e. The number of primary amides is 1. The lowest BCUT2D eigenvalue weighted by molar-refractivity contribution is -0.137. The van der Waals surface area contributed by atoms with Crippen molar-refractivity contribution in [3.63, 3.8) is 0 Å². The molecule has 1 atom stereocenters. The topological polar surface area (TPSA) is 115 Å². The molecule has 0 radical (unpaired) electrons. The van der Waals surface area contributed by atoms with Gasteiger partial charge < -0.3 is 15.3 Å². The molecule has 0 bridgehead atoms. The van der Waals surface area contributed by atoms with Crippen LogP contribution in [0, 0.1) is 0 Å². The lowest BCUT2D eigenvalue weighted by Crippen LogP contribution is -2.35. The number of aliphatic carboxylic acids is 1. The molecule has 3 rings (SSSR count). The van der Waals surface area contributed by atoms with Crippen LogP contribution in [0.2, 0.25) is 0 Å². The molecule has 0 aromatic carbocycles. The maximum absolute atomic E-state index is 11.4. The van der Waals surface area contributed by atoms with E-state index in [1.54, 1.807) is 16.9 Å². The van der Waals surface area contributed by atoms with Crippen molar-refractivity contribution >= 4 is 11.9 Å². The van der Waals surface area contributed by atoms with E-state index >= 15 is 0 Å². The number of carbonyl (C=O) groups excluding carboxylic acids is 1. The first-order valence-corrected chi connectivity index (χ1v) is 8.85. The third kappa shape index (κ3) is 3.96. The van der Waals surface area contributed by atoms with E-state index in [4.69, 9.17) is 15.3 Å². The van der Waals surface area contributed by atoms with Gasteiger partial charge in [-0.25, -0.2) is 0 Å². The molecule has 2 aromatic rings. The summed E-state index contributed by atoms with van der Waals surface area (Å²) in [5.74, 6) is -0.229. The SMILES string of the molecule is CCc1oc(C(N)=O)cc1CN1CCC[C@H](c2ccnn2CC(=O)O)C1. The quantitative estimate of drug-likeness (QED) is 0.775. The van der Waals surface area contributed by atoms with Gasteiger partial charge in [0.1, 0.15) is 12.3 Å². The molecule has 0 saturated carbocycles. The molecule has 140 valence electrons. The van der Waals surface area contributed by atoms with Crippen LogP contribution in [-0.4, -0.2) is 44.8 Å². The Hall–Kier alpha value is -2.61. The summed E-state index contributed by atoms with van der Waals surface area (Å²) < 4.78 is 7.11. The highest BCUT2D eigenvalue weighted by Gasteiger charge is 2.26. The fraction of sp³-hybridized carbons (Fsp3) is 0.500. The summed E-state index contributed by atoms with van der Waals surface area (Å²) in [4.78, 5) is 24.7. The zero-order valence-electron chi connectivity index (χ0n) is 14.9. The highest BCUT2D eigenvalue weighted by molar-refractivity contribution is 5.90. The third-order valence-electron chi connectivity index (χ3n) is 4.81. The highest BCUT2D eigenvalue weighted by Crippen LogP contribution is 2.28. The van der Waals surface area contributed by atoms with Gasteiger partial charge in [0, 0.05) is 42.9 Å². The fourth-order valence-corrected chi connectivity index (χ4v) is 3.65. The summed E-state index contributed by atoms with van der Waals surface area (Å²) in [6, 6.07) is 3.64. The Bertz CT molecular complexity index is 795. The molecular formula is C18H24N4O4. The lowest BCUT2D eigenvalue weighted by atomic mass is 9.94.